The summed E-state index contributed by atoms with van der Waals surface area (Å²) in [5, 5.41) is 0. The molecule has 1 aliphatic rings. The Morgan fingerprint density at radius 2 is 1.78 bits per heavy atom. The van der Waals surface area contributed by atoms with Gasteiger partial charge in [0.1, 0.15) is 18.0 Å². The van der Waals surface area contributed by atoms with Crippen LogP contribution in [0, 0.1) is 0 Å². The van der Waals surface area contributed by atoms with Crippen LogP contribution in [0.25, 0.3) is 0 Å². The SMILES string of the molecule is CN(c1ccccc1)c1cc(N(C)C2CCS(=O)(=O)C2)ncn1. The van der Waals surface area contributed by atoms with Gasteiger partial charge in [0.05, 0.1) is 11.5 Å². The van der Waals surface area contributed by atoms with Gasteiger partial charge in [-0.15, -0.1) is 0 Å². The van der Waals surface area contributed by atoms with Crippen molar-refractivity contribution in [2.75, 3.05) is 35.4 Å². The van der Waals surface area contributed by atoms with Crippen LogP contribution in [-0.4, -0.2) is 50.0 Å². The van der Waals surface area contributed by atoms with E-state index in [0.29, 0.717) is 6.42 Å². The van der Waals surface area contributed by atoms with Crippen molar-refractivity contribution < 1.29 is 8.42 Å². The summed E-state index contributed by atoms with van der Waals surface area (Å²) in [5.41, 5.74) is 1.03. The van der Waals surface area contributed by atoms with E-state index in [4.69, 9.17) is 0 Å². The molecule has 2 heterocycles. The minimum Gasteiger partial charge on any atom is -0.355 e. The topological polar surface area (TPSA) is 66.4 Å². The van der Waals surface area contributed by atoms with Crippen LogP contribution in [0.4, 0.5) is 17.3 Å². The zero-order valence-corrected chi connectivity index (χ0v) is 14.1. The van der Waals surface area contributed by atoms with E-state index in [0.717, 1.165) is 17.3 Å². The molecule has 7 heteroatoms. The van der Waals surface area contributed by atoms with Gasteiger partial charge in [0.2, 0.25) is 0 Å². The van der Waals surface area contributed by atoms with E-state index in [9.17, 15) is 8.42 Å². The van der Waals surface area contributed by atoms with Crippen LogP contribution in [-0.2, 0) is 9.84 Å². The zero-order valence-electron chi connectivity index (χ0n) is 13.3. The Morgan fingerprint density at radius 3 is 2.43 bits per heavy atom. The average Bonchev–Trinajstić information content (AvgIpc) is 2.94. The molecule has 2 aromatic rings. The highest BCUT2D eigenvalue weighted by molar-refractivity contribution is 7.91. The predicted molar refractivity (Wildman–Crippen MR) is 92.0 cm³/mol. The monoisotopic (exact) mass is 332 g/mol. The van der Waals surface area contributed by atoms with Gasteiger partial charge in [0, 0.05) is 31.9 Å². The fourth-order valence-electron chi connectivity index (χ4n) is 2.77. The van der Waals surface area contributed by atoms with E-state index in [-0.39, 0.29) is 17.5 Å². The lowest BCUT2D eigenvalue weighted by Crippen LogP contribution is -2.33. The molecule has 0 spiro atoms. The highest BCUT2D eigenvalue weighted by Gasteiger charge is 2.31. The van der Waals surface area contributed by atoms with Crippen LogP contribution in [0.2, 0.25) is 0 Å². The smallest absolute Gasteiger partial charge is 0.152 e. The van der Waals surface area contributed by atoms with Gasteiger partial charge >= 0.3 is 0 Å². The van der Waals surface area contributed by atoms with Gasteiger partial charge in [0.25, 0.3) is 0 Å². The lowest BCUT2D eigenvalue weighted by atomic mass is 10.2. The molecule has 1 atom stereocenters. The summed E-state index contributed by atoms with van der Waals surface area (Å²) in [7, 11) is 0.922. The Bertz CT molecular complexity index is 780. The Kier molecular flexibility index (Phi) is 4.21. The fourth-order valence-corrected chi connectivity index (χ4v) is 4.54. The second-order valence-corrected chi connectivity index (χ2v) is 8.03. The quantitative estimate of drug-likeness (QED) is 0.851. The maximum atomic E-state index is 11.7. The number of nitrogens with zero attached hydrogens (tertiary/aromatic N) is 4. The molecule has 0 amide bonds. The molecule has 1 aromatic heterocycles. The molecule has 6 nitrogen and oxygen atoms in total. The summed E-state index contributed by atoms with van der Waals surface area (Å²) in [6.45, 7) is 0. The molecule has 3 rings (SSSR count). The van der Waals surface area contributed by atoms with E-state index in [1.165, 1.54) is 6.33 Å². The Morgan fingerprint density at radius 1 is 1.09 bits per heavy atom. The van der Waals surface area contributed by atoms with Crippen LogP contribution in [0.5, 0.6) is 0 Å². The fraction of sp³-hybridized carbons (Fsp3) is 0.375. The molecule has 1 aromatic carbocycles. The molecule has 1 aliphatic heterocycles. The standard InChI is InChI=1S/C16H20N4O2S/c1-19(13-6-4-3-5-7-13)15-10-16(18-12-17-15)20(2)14-8-9-23(21,22)11-14/h3-7,10,12,14H,8-9,11H2,1-2H3. The molecule has 1 unspecified atom stereocenters. The highest BCUT2D eigenvalue weighted by Crippen LogP contribution is 2.26. The molecular weight excluding hydrogens is 312 g/mol. The highest BCUT2D eigenvalue weighted by atomic mass is 32.2. The third kappa shape index (κ3) is 3.44. The largest absolute Gasteiger partial charge is 0.355 e. The van der Waals surface area contributed by atoms with Crippen molar-refractivity contribution in [2.24, 2.45) is 0 Å². The van der Waals surface area contributed by atoms with Crippen LogP contribution >= 0.6 is 0 Å². The van der Waals surface area contributed by atoms with Crippen molar-refractivity contribution in [1.82, 2.24) is 9.97 Å². The summed E-state index contributed by atoms with van der Waals surface area (Å²) >= 11 is 0. The third-order valence-corrected chi connectivity index (χ3v) is 5.99. The summed E-state index contributed by atoms with van der Waals surface area (Å²) < 4.78 is 23.3. The number of hydrogen-bond acceptors (Lipinski definition) is 6. The molecule has 0 radical (unpaired) electrons. The van der Waals surface area contributed by atoms with Crippen LogP contribution < -0.4 is 9.80 Å². The normalized spacial score (nSPS) is 19.5. The van der Waals surface area contributed by atoms with Crippen LogP contribution in [0.1, 0.15) is 6.42 Å². The average molecular weight is 332 g/mol. The number of para-hydroxylation sites is 1. The van der Waals surface area contributed by atoms with Crippen molar-refractivity contribution in [3.05, 3.63) is 42.7 Å². The number of benzene rings is 1. The van der Waals surface area contributed by atoms with E-state index in [1.54, 1.807) is 0 Å². The Hall–Kier alpha value is -2.15. The third-order valence-electron chi connectivity index (χ3n) is 4.24. The molecule has 1 saturated heterocycles. The lowest BCUT2D eigenvalue weighted by molar-refractivity contribution is 0.600. The first-order valence-corrected chi connectivity index (χ1v) is 9.32. The zero-order chi connectivity index (χ0) is 16.4. The van der Waals surface area contributed by atoms with Gasteiger partial charge in [-0.25, -0.2) is 18.4 Å². The van der Waals surface area contributed by atoms with E-state index in [1.807, 2.05) is 60.3 Å². The summed E-state index contributed by atoms with van der Waals surface area (Å²) in [5.74, 6) is 1.95. The van der Waals surface area contributed by atoms with Crippen LogP contribution in [0.3, 0.4) is 0 Å². The Labute approximate surface area is 136 Å². The first kappa shape index (κ1) is 15.7. The minimum atomic E-state index is -2.91. The molecular formula is C16H20N4O2S. The maximum Gasteiger partial charge on any atom is 0.152 e. The summed E-state index contributed by atoms with van der Waals surface area (Å²) in [6, 6.07) is 11.8. The molecule has 1 fully saturated rings. The van der Waals surface area contributed by atoms with Gasteiger partial charge in [0.15, 0.2) is 9.84 Å². The summed E-state index contributed by atoms with van der Waals surface area (Å²) in [4.78, 5) is 12.5. The number of aromatic nitrogens is 2. The summed E-state index contributed by atoms with van der Waals surface area (Å²) in [6.07, 6.45) is 2.16. The van der Waals surface area contributed by atoms with Crippen molar-refractivity contribution >= 4 is 27.2 Å². The number of anilines is 3. The maximum absolute atomic E-state index is 11.7. The van der Waals surface area contributed by atoms with Gasteiger partial charge in [-0.3, -0.25) is 0 Å². The van der Waals surface area contributed by atoms with Crippen molar-refractivity contribution in [1.29, 1.82) is 0 Å². The molecule has 122 valence electrons. The molecule has 0 saturated carbocycles. The first-order chi connectivity index (χ1) is 11.0. The lowest BCUT2D eigenvalue weighted by Gasteiger charge is -2.26. The van der Waals surface area contributed by atoms with E-state index >= 15 is 0 Å². The second-order valence-electron chi connectivity index (χ2n) is 5.80. The molecule has 0 aliphatic carbocycles. The molecule has 23 heavy (non-hydrogen) atoms. The van der Waals surface area contributed by atoms with Crippen molar-refractivity contribution in [3.8, 4) is 0 Å². The number of hydrogen-bond donors (Lipinski definition) is 0. The van der Waals surface area contributed by atoms with Gasteiger partial charge in [-0.05, 0) is 18.6 Å². The molecule has 0 bridgehead atoms. The van der Waals surface area contributed by atoms with Gasteiger partial charge < -0.3 is 9.80 Å². The predicted octanol–water partition coefficient (Wildman–Crippen LogP) is 1.87. The van der Waals surface area contributed by atoms with E-state index in [2.05, 4.69) is 9.97 Å². The first-order valence-electron chi connectivity index (χ1n) is 7.50. The van der Waals surface area contributed by atoms with Crippen molar-refractivity contribution in [2.45, 2.75) is 12.5 Å². The van der Waals surface area contributed by atoms with E-state index < -0.39 is 9.84 Å². The Balaban J connectivity index is 1.83. The van der Waals surface area contributed by atoms with Gasteiger partial charge in [-0.2, -0.15) is 0 Å². The van der Waals surface area contributed by atoms with Crippen molar-refractivity contribution in [3.63, 3.8) is 0 Å². The number of sulfone groups is 1. The number of rotatable bonds is 4. The van der Waals surface area contributed by atoms with Crippen LogP contribution in [0.15, 0.2) is 42.7 Å². The van der Waals surface area contributed by atoms with Gasteiger partial charge in [-0.1, -0.05) is 18.2 Å². The molecule has 0 N–H and O–H groups in total. The second kappa shape index (κ2) is 6.16. The minimum absolute atomic E-state index is 0.0234.